The standard InChI is InChI=1S/C39H41N3O7/c1-6-47-38(46)39(20-19-28-10-9-21-40-35(28)39)24-48-34(43)23-26-13-18-33(32(22-26)37(45)42(4)5)41-36(44)31-12-8-7-11-30(31)27-14-16-29(17-15-27)49-25(2)3/h7-18,21-22,25H,6,19-20,23-24H2,1-5H3,(H,41,44). The minimum Gasteiger partial charge on any atom is -0.491 e. The molecule has 0 spiro atoms. The number of hydrogen-bond donors (Lipinski definition) is 1. The zero-order valence-corrected chi connectivity index (χ0v) is 28.4. The van der Waals surface area contributed by atoms with Gasteiger partial charge in [0.25, 0.3) is 11.8 Å². The molecule has 0 bridgehead atoms. The van der Waals surface area contributed by atoms with E-state index in [9.17, 15) is 19.2 Å². The molecule has 1 aliphatic rings. The van der Waals surface area contributed by atoms with E-state index in [1.165, 1.54) is 4.90 Å². The molecule has 2 amide bonds. The van der Waals surface area contributed by atoms with Crippen molar-refractivity contribution in [1.82, 2.24) is 9.88 Å². The van der Waals surface area contributed by atoms with Gasteiger partial charge in [0, 0.05) is 25.9 Å². The zero-order valence-electron chi connectivity index (χ0n) is 28.4. The summed E-state index contributed by atoms with van der Waals surface area (Å²) in [5.41, 5.74) is 3.31. The molecule has 1 aliphatic carbocycles. The number of amides is 2. The number of nitrogens with zero attached hydrogens (tertiary/aromatic N) is 2. The van der Waals surface area contributed by atoms with Gasteiger partial charge in [-0.15, -0.1) is 0 Å². The third-order valence-electron chi connectivity index (χ3n) is 8.34. The van der Waals surface area contributed by atoms with Crippen LogP contribution in [-0.4, -0.2) is 67.0 Å². The molecule has 5 rings (SSSR count). The van der Waals surface area contributed by atoms with Crippen LogP contribution in [0.3, 0.4) is 0 Å². The molecule has 0 saturated heterocycles. The number of esters is 2. The molecule has 0 radical (unpaired) electrons. The number of aryl methyl sites for hydroxylation is 1. The molecule has 1 heterocycles. The number of nitrogens with one attached hydrogen (secondary N) is 1. The normalized spacial score (nSPS) is 14.9. The summed E-state index contributed by atoms with van der Waals surface area (Å²) < 4.78 is 16.8. The van der Waals surface area contributed by atoms with Crippen LogP contribution < -0.4 is 10.1 Å². The first-order valence-corrected chi connectivity index (χ1v) is 16.3. The van der Waals surface area contributed by atoms with Crippen LogP contribution in [0.15, 0.2) is 85.1 Å². The lowest BCUT2D eigenvalue weighted by Crippen LogP contribution is -2.41. The number of fused-ring (bicyclic) bond motifs is 1. The van der Waals surface area contributed by atoms with Crippen LogP contribution in [0.2, 0.25) is 0 Å². The van der Waals surface area contributed by atoms with Crippen LogP contribution in [0.1, 0.15) is 64.7 Å². The number of hydrogen-bond acceptors (Lipinski definition) is 8. The Labute approximate surface area is 286 Å². The number of carbonyl (C=O) groups excluding carboxylic acids is 4. The van der Waals surface area contributed by atoms with Gasteiger partial charge in [0.2, 0.25) is 0 Å². The molecule has 4 aromatic rings. The maximum Gasteiger partial charge on any atom is 0.321 e. The van der Waals surface area contributed by atoms with Crippen LogP contribution in [0.4, 0.5) is 5.69 Å². The highest BCUT2D eigenvalue weighted by atomic mass is 16.6. The summed E-state index contributed by atoms with van der Waals surface area (Å²) in [5, 5.41) is 2.91. The Morgan fingerprint density at radius 2 is 1.67 bits per heavy atom. The summed E-state index contributed by atoms with van der Waals surface area (Å²) >= 11 is 0. The van der Waals surface area contributed by atoms with Crippen molar-refractivity contribution in [2.75, 3.05) is 32.6 Å². The van der Waals surface area contributed by atoms with E-state index in [1.807, 2.05) is 62.4 Å². The van der Waals surface area contributed by atoms with E-state index >= 15 is 0 Å². The second-order valence-electron chi connectivity index (χ2n) is 12.4. The molecule has 254 valence electrons. The molecule has 1 N–H and O–H groups in total. The number of ether oxygens (including phenoxy) is 3. The van der Waals surface area contributed by atoms with Gasteiger partial charge in [-0.25, -0.2) is 0 Å². The Morgan fingerprint density at radius 1 is 0.918 bits per heavy atom. The Balaban J connectivity index is 1.34. The van der Waals surface area contributed by atoms with Crippen molar-refractivity contribution in [3.63, 3.8) is 0 Å². The van der Waals surface area contributed by atoms with Gasteiger partial charge in [0.05, 0.1) is 36.1 Å². The molecule has 10 heteroatoms. The van der Waals surface area contributed by atoms with Gasteiger partial charge in [-0.05, 0) is 92.3 Å². The highest BCUT2D eigenvalue weighted by molar-refractivity contribution is 6.12. The lowest BCUT2D eigenvalue weighted by atomic mass is 9.86. The van der Waals surface area contributed by atoms with Gasteiger partial charge < -0.3 is 24.4 Å². The third kappa shape index (κ3) is 7.80. The predicted octanol–water partition coefficient (Wildman–Crippen LogP) is 6.02. The predicted molar refractivity (Wildman–Crippen MR) is 186 cm³/mol. The summed E-state index contributed by atoms with van der Waals surface area (Å²) in [6, 6.07) is 23.3. The topological polar surface area (TPSA) is 124 Å². The number of anilines is 1. The molecule has 0 fully saturated rings. The van der Waals surface area contributed by atoms with Crippen molar-refractivity contribution in [2.45, 2.75) is 51.6 Å². The van der Waals surface area contributed by atoms with Gasteiger partial charge in [0.15, 0.2) is 0 Å². The first kappa shape index (κ1) is 34.8. The summed E-state index contributed by atoms with van der Waals surface area (Å²) in [7, 11) is 3.22. The second-order valence-corrected chi connectivity index (χ2v) is 12.4. The highest BCUT2D eigenvalue weighted by Gasteiger charge is 2.49. The van der Waals surface area contributed by atoms with Crippen molar-refractivity contribution in [3.05, 3.63) is 113 Å². The number of carbonyl (C=O) groups is 4. The molecular weight excluding hydrogens is 622 g/mol. The fourth-order valence-electron chi connectivity index (χ4n) is 5.96. The van der Waals surface area contributed by atoms with Crippen molar-refractivity contribution >= 4 is 29.4 Å². The summed E-state index contributed by atoms with van der Waals surface area (Å²) in [6.07, 6.45) is 2.53. The Morgan fingerprint density at radius 3 is 2.39 bits per heavy atom. The van der Waals surface area contributed by atoms with E-state index < -0.39 is 23.3 Å². The van der Waals surface area contributed by atoms with Gasteiger partial charge in [-0.3, -0.25) is 24.2 Å². The third-order valence-corrected chi connectivity index (χ3v) is 8.34. The summed E-state index contributed by atoms with van der Waals surface area (Å²) in [6.45, 7) is 5.62. The van der Waals surface area contributed by atoms with Gasteiger partial charge >= 0.3 is 11.9 Å². The lowest BCUT2D eigenvalue weighted by Gasteiger charge is -2.26. The van der Waals surface area contributed by atoms with Gasteiger partial charge in [0.1, 0.15) is 17.8 Å². The van der Waals surface area contributed by atoms with Gasteiger partial charge in [-0.2, -0.15) is 0 Å². The molecule has 1 unspecified atom stereocenters. The van der Waals surface area contributed by atoms with E-state index in [2.05, 4.69) is 10.3 Å². The fourth-order valence-corrected chi connectivity index (χ4v) is 5.96. The first-order valence-electron chi connectivity index (χ1n) is 16.3. The minimum atomic E-state index is -1.18. The first-order chi connectivity index (χ1) is 23.5. The summed E-state index contributed by atoms with van der Waals surface area (Å²) in [5.74, 6) is -1.07. The summed E-state index contributed by atoms with van der Waals surface area (Å²) in [4.78, 5) is 59.1. The Kier molecular flexibility index (Phi) is 10.8. The largest absolute Gasteiger partial charge is 0.491 e. The maximum atomic E-state index is 13.7. The van der Waals surface area contributed by atoms with Crippen molar-refractivity contribution in [3.8, 4) is 16.9 Å². The van der Waals surface area contributed by atoms with E-state index in [0.29, 0.717) is 35.3 Å². The molecule has 10 nitrogen and oxygen atoms in total. The smallest absolute Gasteiger partial charge is 0.321 e. The second kappa shape index (κ2) is 15.1. The Bertz CT molecular complexity index is 1850. The molecule has 3 aromatic carbocycles. The fraction of sp³-hybridized carbons (Fsp3) is 0.308. The quantitative estimate of drug-likeness (QED) is 0.183. The van der Waals surface area contributed by atoms with Crippen LogP contribution in [0, 0.1) is 0 Å². The molecule has 1 atom stereocenters. The number of rotatable bonds is 12. The monoisotopic (exact) mass is 663 g/mol. The molecule has 0 saturated carbocycles. The van der Waals surface area contributed by atoms with Gasteiger partial charge in [-0.1, -0.05) is 42.5 Å². The zero-order chi connectivity index (χ0) is 35.1. The van der Waals surface area contributed by atoms with Crippen molar-refractivity contribution in [1.29, 1.82) is 0 Å². The van der Waals surface area contributed by atoms with Crippen LogP contribution in [0.5, 0.6) is 5.75 Å². The van der Waals surface area contributed by atoms with Crippen molar-refractivity contribution in [2.24, 2.45) is 0 Å². The van der Waals surface area contributed by atoms with Crippen LogP contribution >= 0.6 is 0 Å². The molecule has 1 aromatic heterocycles. The van der Waals surface area contributed by atoms with Crippen molar-refractivity contribution < 1.29 is 33.4 Å². The average Bonchev–Trinajstić information content (AvgIpc) is 3.47. The van der Waals surface area contributed by atoms with Crippen LogP contribution in [0.25, 0.3) is 11.1 Å². The van der Waals surface area contributed by atoms with E-state index in [1.54, 1.807) is 57.5 Å². The minimum absolute atomic E-state index is 0.0381. The number of benzene rings is 3. The van der Waals surface area contributed by atoms with E-state index in [-0.39, 0.29) is 37.2 Å². The van der Waals surface area contributed by atoms with E-state index in [0.717, 1.165) is 22.4 Å². The highest BCUT2D eigenvalue weighted by Crippen LogP contribution is 2.39. The molecule has 0 aliphatic heterocycles. The average molecular weight is 664 g/mol. The molecule has 49 heavy (non-hydrogen) atoms. The number of pyridine rings is 1. The SMILES string of the molecule is CCOC(=O)C1(COC(=O)Cc2ccc(NC(=O)c3ccccc3-c3ccc(OC(C)C)cc3)c(C(=O)N(C)C)c2)CCc2cccnc21. The molecular formula is C39H41N3O7. The lowest BCUT2D eigenvalue weighted by molar-refractivity contribution is -0.157. The number of aromatic nitrogens is 1. The van der Waals surface area contributed by atoms with Crippen LogP contribution in [-0.2, 0) is 37.3 Å². The maximum absolute atomic E-state index is 13.7. The van der Waals surface area contributed by atoms with E-state index in [4.69, 9.17) is 14.2 Å². The Hall–Kier alpha value is -5.51.